The molecular weight excluding hydrogens is 350 g/mol. The Balaban J connectivity index is 2.13. The van der Waals surface area contributed by atoms with Crippen LogP contribution in [0.15, 0.2) is 41.4 Å². The number of benzene rings is 2. The van der Waals surface area contributed by atoms with Crippen molar-refractivity contribution in [2.24, 2.45) is 4.99 Å². The van der Waals surface area contributed by atoms with Gasteiger partial charge >= 0.3 is 0 Å². The topological polar surface area (TPSA) is 110 Å². The molecule has 0 radical (unpaired) electrons. The van der Waals surface area contributed by atoms with Gasteiger partial charge in [0.1, 0.15) is 0 Å². The first-order valence-electron chi connectivity index (χ1n) is 8.27. The first-order chi connectivity index (χ1) is 13.0. The maximum Gasteiger partial charge on any atom is 0.269 e. The van der Waals surface area contributed by atoms with Crippen LogP contribution in [-0.4, -0.2) is 34.9 Å². The van der Waals surface area contributed by atoms with Crippen LogP contribution >= 0.6 is 0 Å². The Morgan fingerprint density at radius 2 is 1.81 bits per heavy atom. The van der Waals surface area contributed by atoms with E-state index in [0.717, 1.165) is 5.39 Å². The van der Waals surface area contributed by atoms with Gasteiger partial charge < -0.3 is 19.6 Å². The molecule has 2 N–H and O–H groups in total. The molecule has 0 fully saturated rings. The standard InChI is InChI=1S/C19H19N3O5/c1-4-14(20-11-5-7-12(8-6-11)22(24)25)18-13-9-16(26-2)17(27-3)10-15(13)21-19(18)23/h5-10,21,23H,4H2,1-3H3. The van der Waals surface area contributed by atoms with Gasteiger partial charge in [-0.25, -0.2) is 0 Å². The molecule has 8 heteroatoms. The Hall–Kier alpha value is -3.55. The number of aliphatic imine (C=N–C) groups is 1. The number of non-ortho nitro benzene ring substituents is 1. The number of hydrogen-bond donors (Lipinski definition) is 2. The van der Waals surface area contributed by atoms with Crippen molar-refractivity contribution >= 4 is 28.0 Å². The van der Waals surface area contributed by atoms with E-state index in [-0.39, 0.29) is 11.6 Å². The van der Waals surface area contributed by atoms with Gasteiger partial charge in [-0.05, 0) is 24.6 Å². The van der Waals surface area contributed by atoms with Gasteiger partial charge in [0.15, 0.2) is 17.4 Å². The smallest absolute Gasteiger partial charge is 0.269 e. The minimum Gasteiger partial charge on any atom is -0.494 e. The molecule has 0 unspecified atom stereocenters. The Bertz CT molecular complexity index is 1020. The van der Waals surface area contributed by atoms with E-state index in [1.165, 1.54) is 12.1 Å². The van der Waals surface area contributed by atoms with E-state index < -0.39 is 4.92 Å². The normalized spacial score (nSPS) is 11.6. The number of hydrogen-bond acceptors (Lipinski definition) is 6. The summed E-state index contributed by atoms with van der Waals surface area (Å²) in [4.78, 5) is 17.8. The number of H-pyrrole nitrogens is 1. The van der Waals surface area contributed by atoms with E-state index in [0.29, 0.717) is 40.4 Å². The minimum absolute atomic E-state index is 0.00114. The largest absolute Gasteiger partial charge is 0.494 e. The molecule has 140 valence electrons. The van der Waals surface area contributed by atoms with E-state index in [1.54, 1.807) is 38.5 Å². The molecular formula is C19H19N3O5. The Morgan fingerprint density at radius 1 is 1.19 bits per heavy atom. The minimum atomic E-state index is -0.459. The second-order valence-electron chi connectivity index (χ2n) is 5.79. The summed E-state index contributed by atoms with van der Waals surface area (Å²) in [5.41, 5.74) is 2.45. The van der Waals surface area contributed by atoms with E-state index in [4.69, 9.17) is 9.47 Å². The molecule has 0 atom stereocenters. The van der Waals surface area contributed by atoms with E-state index in [9.17, 15) is 15.2 Å². The van der Waals surface area contributed by atoms with Gasteiger partial charge in [-0.2, -0.15) is 0 Å². The summed E-state index contributed by atoms with van der Waals surface area (Å²) in [6.45, 7) is 1.92. The zero-order chi connectivity index (χ0) is 19.6. The van der Waals surface area contributed by atoms with Gasteiger partial charge in [-0.15, -0.1) is 0 Å². The lowest BCUT2D eigenvalue weighted by molar-refractivity contribution is -0.384. The maximum atomic E-state index is 10.8. The number of nitrogens with one attached hydrogen (secondary N) is 1. The van der Waals surface area contributed by atoms with Crippen LogP contribution in [0.1, 0.15) is 18.9 Å². The predicted octanol–water partition coefficient (Wildman–Crippen LogP) is 4.33. The van der Waals surface area contributed by atoms with E-state index >= 15 is 0 Å². The highest BCUT2D eigenvalue weighted by molar-refractivity contribution is 6.14. The van der Waals surface area contributed by atoms with Crippen molar-refractivity contribution in [3.05, 3.63) is 52.1 Å². The summed E-state index contributed by atoms with van der Waals surface area (Å²) in [5.74, 6) is 1.07. The average Bonchev–Trinajstić information content (AvgIpc) is 2.99. The number of fused-ring (bicyclic) bond motifs is 1. The average molecular weight is 369 g/mol. The molecule has 2 aromatic carbocycles. The van der Waals surface area contributed by atoms with Crippen molar-refractivity contribution in [2.45, 2.75) is 13.3 Å². The highest BCUT2D eigenvalue weighted by atomic mass is 16.6. The monoisotopic (exact) mass is 369 g/mol. The Morgan fingerprint density at radius 3 is 2.37 bits per heavy atom. The van der Waals surface area contributed by atoms with Gasteiger partial charge in [0.2, 0.25) is 0 Å². The highest BCUT2D eigenvalue weighted by Crippen LogP contribution is 2.37. The molecule has 1 aromatic heterocycles. The summed E-state index contributed by atoms with van der Waals surface area (Å²) >= 11 is 0. The number of aromatic nitrogens is 1. The second kappa shape index (κ2) is 7.36. The van der Waals surface area contributed by atoms with Crippen molar-refractivity contribution in [1.29, 1.82) is 0 Å². The number of aromatic amines is 1. The number of ether oxygens (including phenoxy) is 2. The van der Waals surface area contributed by atoms with Crippen LogP contribution in [0.3, 0.4) is 0 Å². The SMILES string of the molecule is CCC(=Nc1ccc([N+](=O)[O-])cc1)c1c(O)[nH]c2cc(OC)c(OC)cc12. The molecule has 0 saturated heterocycles. The molecule has 0 bridgehead atoms. The molecule has 0 spiro atoms. The van der Waals surface area contributed by atoms with Crippen LogP contribution < -0.4 is 9.47 Å². The summed E-state index contributed by atoms with van der Waals surface area (Å²) in [7, 11) is 3.09. The fourth-order valence-electron chi connectivity index (χ4n) is 2.92. The third kappa shape index (κ3) is 3.41. The van der Waals surface area contributed by atoms with Gasteiger partial charge in [0.25, 0.3) is 5.69 Å². The lowest BCUT2D eigenvalue weighted by atomic mass is 10.1. The predicted molar refractivity (Wildman–Crippen MR) is 103 cm³/mol. The summed E-state index contributed by atoms with van der Waals surface area (Å²) < 4.78 is 10.6. The third-order valence-electron chi connectivity index (χ3n) is 4.23. The molecule has 0 saturated carbocycles. The molecule has 8 nitrogen and oxygen atoms in total. The van der Waals surface area contributed by atoms with Gasteiger partial charge in [0, 0.05) is 23.6 Å². The molecule has 27 heavy (non-hydrogen) atoms. The Labute approximate surface area is 155 Å². The van der Waals surface area contributed by atoms with Crippen molar-refractivity contribution in [1.82, 2.24) is 4.98 Å². The van der Waals surface area contributed by atoms with Crippen LogP contribution in [0.25, 0.3) is 10.9 Å². The molecule has 1 heterocycles. The zero-order valence-electron chi connectivity index (χ0n) is 15.1. The maximum absolute atomic E-state index is 10.8. The molecule has 0 aliphatic carbocycles. The molecule has 3 rings (SSSR count). The van der Waals surface area contributed by atoms with Crippen LogP contribution in [0.5, 0.6) is 17.4 Å². The van der Waals surface area contributed by atoms with Gasteiger partial charge in [0.05, 0.1) is 41.6 Å². The van der Waals surface area contributed by atoms with Crippen molar-refractivity contribution in [3.8, 4) is 17.4 Å². The number of nitro benzene ring substituents is 1. The fraction of sp³-hybridized carbons (Fsp3) is 0.211. The molecule has 0 aliphatic heterocycles. The zero-order valence-corrected chi connectivity index (χ0v) is 15.1. The van der Waals surface area contributed by atoms with E-state index in [2.05, 4.69) is 9.98 Å². The fourth-order valence-corrected chi connectivity index (χ4v) is 2.92. The van der Waals surface area contributed by atoms with Crippen molar-refractivity contribution in [3.63, 3.8) is 0 Å². The number of nitro groups is 1. The van der Waals surface area contributed by atoms with Crippen LogP contribution in [-0.2, 0) is 0 Å². The first kappa shape index (κ1) is 18.2. The van der Waals surface area contributed by atoms with Crippen LogP contribution in [0.4, 0.5) is 11.4 Å². The lowest BCUT2D eigenvalue weighted by Crippen LogP contribution is -1.98. The summed E-state index contributed by atoms with van der Waals surface area (Å²) in [6.07, 6.45) is 0.547. The third-order valence-corrected chi connectivity index (χ3v) is 4.23. The second-order valence-corrected chi connectivity index (χ2v) is 5.79. The van der Waals surface area contributed by atoms with Crippen LogP contribution in [0.2, 0.25) is 0 Å². The van der Waals surface area contributed by atoms with Gasteiger partial charge in [-0.1, -0.05) is 6.92 Å². The number of rotatable bonds is 6. The molecule has 0 aliphatic rings. The van der Waals surface area contributed by atoms with Gasteiger partial charge in [-0.3, -0.25) is 15.1 Å². The lowest BCUT2D eigenvalue weighted by Gasteiger charge is -2.08. The van der Waals surface area contributed by atoms with Crippen molar-refractivity contribution in [2.75, 3.05) is 14.2 Å². The number of methoxy groups -OCH3 is 2. The summed E-state index contributed by atoms with van der Waals surface area (Å²) in [6, 6.07) is 9.47. The molecule has 3 aromatic rings. The first-order valence-corrected chi connectivity index (χ1v) is 8.27. The van der Waals surface area contributed by atoms with Crippen molar-refractivity contribution < 1.29 is 19.5 Å². The highest BCUT2D eigenvalue weighted by Gasteiger charge is 2.18. The molecule has 0 amide bonds. The number of aromatic hydroxyl groups is 1. The number of nitrogens with zero attached hydrogens (tertiary/aromatic N) is 2. The quantitative estimate of drug-likeness (QED) is 0.382. The Kier molecular flexibility index (Phi) is 4.98. The van der Waals surface area contributed by atoms with E-state index in [1.807, 2.05) is 6.92 Å². The van der Waals surface area contributed by atoms with Crippen LogP contribution in [0, 0.1) is 10.1 Å². The summed E-state index contributed by atoms with van der Waals surface area (Å²) in [5, 5.41) is 22.0.